The number of ether oxygens (including phenoxy) is 4. The molecule has 84 heavy (non-hydrogen) atoms. The molecule has 0 N–H and O–H groups in total. The van der Waals surface area contributed by atoms with Gasteiger partial charge in [-0.05, 0) is 236 Å². The summed E-state index contributed by atoms with van der Waals surface area (Å²) in [7, 11) is 0. The number of rotatable bonds is 43. The topological polar surface area (TPSA) is 129 Å². The van der Waals surface area contributed by atoms with Crippen LogP contribution >= 0.6 is 0 Å². The van der Waals surface area contributed by atoms with E-state index in [1.54, 1.807) is 5.57 Å². The van der Waals surface area contributed by atoms with Crippen LogP contribution in [-0.2, 0) is 42.9 Å². The molecular weight excluding hydrogens is 1050 g/mol. The molecule has 0 saturated heterocycles. The van der Waals surface area contributed by atoms with Crippen molar-refractivity contribution < 1.29 is 42.9 Å². The van der Waals surface area contributed by atoms with Gasteiger partial charge in [-0.25, -0.2) is 0 Å². The van der Waals surface area contributed by atoms with Crippen molar-refractivity contribution in [3.63, 3.8) is 0 Å². The summed E-state index contributed by atoms with van der Waals surface area (Å²) in [6.07, 6.45) is 45.8. The Hall–Kier alpha value is -4.87. The largest absolute Gasteiger partial charge is 0.466 e. The molecule has 0 bridgehead atoms. The second kappa shape index (κ2) is 44.6. The minimum absolute atomic E-state index is 0.0109. The zero-order chi connectivity index (χ0) is 61.3. The molecule has 4 unspecified atom stereocenters. The number of carbonyl (C=O) groups is 5. The number of aldehydes is 1. The second-order valence-electron chi connectivity index (χ2n) is 25.3. The monoisotopic (exact) mass is 1160 g/mol. The van der Waals surface area contributed by atoms with Gasteiger partial charge in [-0.2, -0.15) is 0 Å². The Morgan fingerprint density at radius 2 is 0.940 bits per heavy atom. The molecule has 3 rings (SSSR count). The molecule has 0 fully saturated rings. The number of nitrogens with zero attached hydrogens (tertiary/aromatic N) is 2. The average molecular weight is 1170 g/mol. The predicted molar refractivity (Wildman–Crippen MR) is 346 cm³/mol. The highest BCUT2D eigenvalue weighted by atomic mass is 16.6. The van der Waals surface area contributed by atoms with Gasteiger partial charge in [0, 0.05) is 38.6 Å². The fraction of sp³-hybridized carbons (Fsp3) is 0.685. The van der Waals surface area contributed by atoms with E-state index >= 15 is 0 Å². The normalized spacial score (nSPS) is 18.0. The van der Waals surface area contributed by atoms with E-state index in [-0.39, 0.29) is 61.8 Å². The molecule has 0 radical (unpaired) electrons. The molecule has 3 aliphatic carbocycles. The summed E-state index contributed by atoms with van der Waals surface area (Å²) in [6.45, 7) is 25.0. The Labute approximate surface area is 511 Å². The van der Waals surface area contributed by atoms with E-state index in [9.17, 15) is 24.0 Å². The van der Waals surface area contributed by atoms with Gasteiger partial charge in [-0.15, -0.1) is 0 Å². The van der Waals surface area contributed by atoms with E-state index in [1.165, 1.54) is 44.6 Å². The minimum Gasteiger partial charge on any atom is -0.466 e. The van der Waals surface area contributed by atoms with Crippen molar-refractivity contribution in [1.82, 2.24) is 9.80 Å². The van der Waals surface area contributed by atoms with Gasteiger partial charge in [0.2, 0.25) is 0 Å². The van der Waals surface area contributed by atoms with Crippen LogP contribution < -0.4 is 0 Å². The van der Waals surface area contributed by atoms with Crippen LogP contribution in [0.25, 0.3) is 0 Å². The highest BCUT2D eigenvalue weighted by molar-refractivity contribution is 5.73. The Bertz CT molecular complexity index is 2260. The van der Waals surface area contributed by atoms with Gasteiger partial charge >= 0.3 is 23.9 Å². The molecule has 11 nitrogen and oxygen atoms in total. The molecule has 0 aromatic heterocycles. The highest BCUT2D eigenvalue weighted by Gasteiger charge is 2.25. The lowest BCUT2D eigenvalue weighted by molar-refractivity contribution is -0.155. The highest BCUT2D eigenvalue weighted by Crippen LogP contribution is 2.31. The number of hydrogen-bond acceptors (Lipinski definition) is 11. The number of unbranched alkanes of at least 4 members (excludes halogenated alkanes) is 1. The van der Waals surface area contributed by atoms with E-state index in [1.807, 2.05) is 0 Å². The molecular formula is C73H116N2O9. The van der Waals surface area contributed by atoms with Crippen molar-refractivity contribution in [2.45, 2.75) is 249 Å². The van der Waals surface area contributed by atoms with Crippen LogP contribution in [0.4, 0.5) is 0 Å². The van der Waals surface area contributed by atoms with Crippen molar-refractivity contribution in [2.24, 2.45) is 17.8 Å². The molecule has 3 aliphatic rings. The first kappa shape index (κ1) is 73.4. The smallest absolute Gasteiger partial charge is 0.309 e. The summed E-state index contributed by atoms with van der Waals surface area (Å²) in [5.41, 5.74) is 12.8. The molecule has 0 aliphatic heterocycles. The van der Waals surface area contributed by atoms with Crippen LogP contribution in [0.5, 0.6) is 0 Å². The van der Waals surface area contributed by atoms with E-state index in [2.05, 4.69) is 134 Å². The van der Waals surface area contributed by atoms with Gasteiger partial charge in [0.05, 0.1) is 37.9 Å². The van der Waals surface area contributed by atoms with Gasteiger partial charge < -0.3 is 28.6 Å². The zero-order valence-corrected chi connectivity index (χ0v) is 54.6. The van der Waals surface area contributed by atoms with Crippen molar-refractivity contribution >= 4 is 30.2 Å². The standard InChI is InChI=1S/C73H116N2O9/c1-57(2)20-13-23-60(7)26-16-29-64-32-34-67(35-33-64)46-53-81-70(77)44-49-74(47-11-12-52-83-72(79)68-40-36-65(37-41-68)30-17-27-61(8)24-14-21-58(3)4)56-63(10)75(48-19-51-76)50-45-71(78)82-54-55-84-73(80)69-42-38-66(39-43-69)31-18-28-62(9)25-15-22-59(5)6/h20-22,26-28,32,36,38,51,63,67-69H,11-19,23-25,29-31,33-35,37,39-50,52-56H2,1-10H3/b60-26+,61-27+,62-28+. The molecule has 0 aromatic rings. The Morgan fingerprint density at radius 3 is 1.39 bits per heavy atom. The third kappa shape index (κ3) is 35.6. The molecule has 0 amide bonds. The molecule has 0 heterocycles. The number of allylic oxidation sites excluding steroid dienone is 18. The summed E-state index contributed by atoms with van der Waals surface area (Å²) in [4.78, 5) is 68.4. The molecule has 4 atom stereocenters. The van der Waals surface area contributed by atoms with Gasteiger partial charge in [0.15, 0.2) is 0 Å². The Balaban J connectivity index is 1.47. The maximum absolute atomic E-state index is 13.3. The van der Waals surface area contributed by atoms with Crippen molar-refractivity contribution in [1.29, 1.82) is 0 Å². The van der Waals surface area contributed by atoms with Crippen LogP contribution in [0.2, 0.25) is 0 Å². The van der Waals surface area contributed by atoms with Gasteiger partial charge in [-0.1, -0.05) is 105 Å². The second-order valence-corrected chi connectivity index (χ2v) is 25.3. The first-order chi connectivity index (χ1) is 40.4. The fourth-order valence-corrected chi connectivity index (χ4v) is 11.3. The summed E-state index contributed by atoms with van der Waals surface area (Å²) >= 11 is 0. The maximum atomic E-state index is 13.3. The zero-order valence-electron chi connectivity index (χ0n) is 54.6. The van der Waals surface area contributed by atoms with Gasteiger partial charge in [-0.3, -0.25) is 24.1 Å². The molecule has 11 heteroatoms. The summed E-state index contributed by atoms with van der Waals surface area (Å²) < 4.78 is 22.7. The maximum Gasteiger partial charge on any atom is 0.309 e. The van der Waals surface area contributed by atoms with E-state index in [0.29, 0.717) is 71.1 Å². The SMILES string of the molecule is CC(C)=CCC/C(C)=C/CCC1=CCC(CCOC(=O)CCN(CCCCOC(=O)C2CC=C(CC/C=C(\C)CCC=C(C)C)CC2)CC(C)N(CCC=O)CCC(=O)OCCOC(=O)C2CC=C(CC/C=C(\C)CCC=C(C)C)CC2)CC1. The molecule has 0 aromatic carbocycles. The number of hydrogen-bond donors (Lipinski definition) is 0. The molecule has 0 spiro atoms. The van der Waals surface area contributed by atoms with E-state index in [0.717, 1.165) is 148 Å². The average Bonchev–Trinajstić information content (AvgIpc) is 3.51. The first-order valence-electron chi connectivity index (χ1n) is 32.9. The van der Waals surface area contributed by atoms with Crippen molar-refractivity contribution in [3.8, 4) is 0 Å². The Morgan fingerprint density at radius 1 is 0.488 bits per heavy atom. The summed E-state index contributed by atoms with van der Waals surface area (Å²) in [5.74, 6) is -0.718. The van der Waals surface area contributed by atoms with Crippen LogP contribution in [-0.4, -0.2) is 105 Å². The quantitative estimate of drug-likeness (QED) is 0.0190. The predicted octanol–water partition coefficient (Wildman–Crippen LogP) is 17.3. The van der Waals surface area contributed by atoms with Crippen molar-refractivity contribution in [3.05, 3.63) is 105 Å². The lowest BCUT2D eigenvalue weighted by Crippen LogP contribution is -2.44. The van der Waals surface area contributed by atoms with Gasteiger partial charge in [0.1, 0.15) is 19.5 Å². The fourth-order valence-electron chi connectivity index (χ4n) is 11.3. The summed E-state index contributed by atoms with van der Waals surface area (Å²) in [5, 5.41) is 0. The van der Waals surface area contributed by atoms with E-state index in [4.69, 9.17) is 18.9 Å². The minimum atomic E-state index is -0.391. The lowest BCUT2D eigenvalue weighted by Gasteiger charge is -2.33. The third-order valence-corrected chi connectivity index (χ3v) is 16.8. The third-order valence-electron chi connectivity index (χ3n) is 16.8. The van der Waals surface area contributed by atoms with E-state index < -0.39 is 5.97 Å². The first-order valence-corrected chi connectivity index (χ1v) is 32.9. The summed E-state index contributed by atoms with van der Waals surface area (Å²) in [6, 6.07) is -0.0514. The lowest BCUT2D eigenvalue weighted by atomic mass is 9.86. The van der Waals surface area contributed by atoms with Crippen molar-refractivity contribution in [2.75, 3.05) is 59.2 Å². The number of esters is 4. The van der Waals surface area contributed by atoms with Crippen LogP contribution in [0.1, 0.15) is 243 Å². The molecule has 472 valence electrons. The van der Waals surface area contributed by atoms with Crippen LogP contribution in [0.3, 0.4) is 0 Å². The van der Waals surface area contributed by atoms with Crippen LogP contribution in [0, 0.1) is 17.8 Å². The number of carbonyl (C=O) groups excluding carboxylic acids is 5. The van der Waals surface area contributed by atoms with Gasteiger partial charge in [0.25, 0.3) is 0 Å². The van der Waals surface area contributed by atoms with Crippen LogP contribution in [0.15, 0.2) is 105 Å². The Kier molecular flexibility index (Phi) is 38.9. The molecule has 0 saturated carbocycles.